The molecule has 8 heteroatoms. The Hall–Kier alpha value is -3.52. The van der Waals surface area contributed by atoms with Crippen LogP contribution in [0.2, 0.25) is 0 Å². The molecule has 4 aromatic rings. The molecule has 0 saturated carbocycles. The summed E-state index contributed by atoms with van der Waals surface area (Å²) in [4.78, 5) is 28.1. The van der Waals surface area contributed by atoms with Crippen LogP contribution >= 0.6 is 11.8 Å². The molecule has 0 bridgehead atoms. The first kappa shape index (κ1) is 20.7. The van der Waals surface area contributed by atoms with E-state index in [1.165, 1.54) is 16.3 Å². The molecule has 0 aliphatic heterocycles. The normalized spacial score (nSPS) is 10.9. The molecule has 0 radical (unpaired) electrons. The van der Waals surface area contributed by atoms with E-state index in [-0.39, 0.29) is 12.1 Å². The van der Waals surface area contributed by atoms with Crippen LogP contribution in [-0.4, -0.2) is 21.8 Å². The molecule has 0 fully saturated rings. The molecule has 31 heavy (non-hydrogen) atoms. The van der Waals surface area contributed by atoms with E-state index < -0.39 is 5.69 Å². The number of ether oxygens (including phenoxy) is 1. The van der Waals surface area contributed by atoms with Crippen LogP contribution in [0.25, 0.3) is 11.3 Å². The molecule has 2 aromatic carbocycles. The van der Waals surface area contributed by atoms with Crippen LogP contribution in [-0.2, 0) is 12.3 Å². The molecular weight excluding hydrogens is 414 g/mol. The van der Waals surface area contributed by atoms with Gasteiger partial charge >= 0.3 is 5.69 Å². The molecule has 7 nitrogen and oxygen atoms in total. The monoisotopic (exact) mass is 435 g/mol. The number of nitrogens with zero attached hydrogens (tertiary/aromatic N) is 2. The molecule has 2 aromatic heterocycles. The Labute approximate surface area is 182 Å². The molecular formula is C23H21N3O4S. The van der Waals surface area contributed by atoms with E-state index in [9.17, 15) is 9.59 Å². The zero-order valence-corrected chi connectivity index (χ0v) is 17.9. The predicted octanol–water partition coefficient (Wildman–Crippen LogP) is 3.85. The minimum absolute atomic E-state index is 0.230. The summed E-state index contributed by atoms with van der Waals surface area (Å²) in [7, 11) is 1.62. The van der Waals surface area contributed by atoms with E-state index in [1.54, 1.807) is 14.0 Å². The standard InChI is InChI=1S/C23H21N3O4S/c1-15-21(24-23(28)26(22(15)27)13-16-6-4-3-5-7-16)31-14-19-12-20(25-30-19)17-8-10-18(29-2)11-9-17/h3-12H,13-14H2,1-2H3,(H,24,28). The largest absolute Gasteiger partial charge is 0.497 e. The number of hydrogen-bond donors (Lipinski definition) is 1. The summed E-state index contributed by atoms with van der Waals surface area (Å²) in [6.45, 7) is 1.94. The average molecular weight is 436 g/mol. The summed E-state index contributed by atoms with van der Waals surface area (Å²) in [5, 5.41) is 4.64. The van der Waals surface area contributed by atoms with Gasteiger partial charge in [0.25, 0.3) is 5.56 Å². The zero-order valence-electron chi connectivity index (χ0n) is 17.1. The van der Waals surface area contributed by atoms with Crippen LogP contribution in [0.15, 0.2) is 79.8 Å². The number of aromatic nitrogens is 3. The van der Waals surface area contributed by atoms with Crippen molar-refractivity contribution in [3.8, 4) is 17.0 Å². The molecule has 0 saturated heterocycles. The Bertz CT molecular complexity index is 1290. The number of H-pyrrole nitrogens is 1. The number of hydrogen-bond acceptors (Lipinski definition) is 6. The summed E-state index contributed by atoms with van der Waals surface area (Å²) < 4.78 is 11.8. The number of aromatic amines is 1. The van der Waals surface area contributed by atoms with Crippen molar-refractivity contribution in [1.82, 2.24) is 14.7 Å². The summed E-state index contributed by atoms with van der Waals surface area (Å²) in [5.74, 6) is 1.84. The fourth-order valence-corrected chi connectivity index (χ4v) is 4.01. The van der Waals surface area contributed by atoms with Gasteiger partial charge in [-0.15, -0.1) is 0 Å². The van der Waals surface area contributed by atoms with Gasteiger partial charge in [-0.2, -0.15) is 0 Å². The minimum atomic E-state index is -0.432. The average Bonchev–Trinajstić information content (AvgIpc) is 3.28. The van der Waals surface area contributed by atoms with Crippen LogP contribution in [0.5, 0.6) is 5.75 Å². The Balaban J connectivity index is 1.49. The van der Waals surface area contributed by atoms with Crippen LogP contribution < -0.4 is 16.0 Å². The Morgan fingerprint density at radius 2 is 1.84 bits per heavy atom. The van der Waals surface area contributed by atoms with Gasteiger partial charge in [-0.1, -0.05) is 47.3 Å². The first-order chi connectivity index (χ1) is 15.0. The molecule has 158 valence electrons. The van der Waals surface area contributed by atoms with Gasteiger partial charge in [0.2, 0.25) is 0 Å². The van der Waals surface area contributed by atoms with Crippen molar-refractivity contribution >= 4 is 11.8 Å². The third-order valence-electron chi connectivity index (χ3n) is 4.86. The van der Waals surface area contributed by atoms with Gasteiger partial charge in [-0.3, -0.25) is 9.36 Å². The molecule has 1 N–H and O–H groups in total. The lowest BCUT2D eigenvalue weighted by atomic mass is 10.1. The van der Waals surface area contributed by atoms with Gasteiger partial charge in [0.15, 0.2) is 0 Å². The first-order valence-corrected chi connectivity index (χ1v) is 10.6. The topological polar surface area (TPSA) is 90.1 Å². The van der Waals surface area contributed by atoms with Crippen LogP contribution in [0.1, 0.15) is 16.9 Å². The van der Waals surface area contributed by atoms with Crippen molar-refractivity contribution in [3.05, 3.63) is 98.4 Å². The van der Waals surface area contributed by atoms with Crippen LogP contribution in [0.4, 0.5) is 0 Å². The molecule has 2 heterocycles. The fourth-order valence-electron chi connectivity index (χ4n) is 3.13. The first-order valence-electron chi connectivity index (χ1n) is 9.65. The number of methoxy groups -OCH3 is 1. The summed E-state index contributed by atoms with van der Waals surface area (Å²) >= 11 is 1.34. The number of benzene rings is 2. The lowest BCUT2D eigenvalue weighted by Gasteiger charge is -2.09. The molecule has 0 aliphatic rings. The van der Waals surface area contributed by atoms with Gasteiger partial charge in [0.05, 0.1) is 24.4 Å². The summed E-state index contributed by atoms with van der Waals surface area (Å²) in [5.41, 5.74) is 2.28. The van der Waals surface area contributed by atoms with Gasteiger partial charge < -0.3 is 14.2 Å². The van der Waals surface area contributed by atoms with E-state index in [0.29, 0.717) is 27.8 Å². The molecule has 0 aliphatic carbocycles. The van der Waals surface area contributed by atoms with Crippen molar-refractivity contribution < 1.29 is 9.26 Å². The van der Waals surface area contributed by atoms with Gasteiger partial charge in [0, 0.05) is 17.2 Å². The molecule has 0 spiro atoms. The third-order valence-corrected chi connectivity index (χ3v) is 5.98. The lowest BCUT2D eigenvalue weighted by Crippen LogP contribution is -2.37. The van der Waals surface area contributed by atoms with Crippen LogP contribution in [0.3, 0.4) is 0 Å². The van der Waals surface area contributed by atoms with Crippen molar-refractivity contribution in [2.45, 2.75) is 24.2 Å². The van der Waals surface area contributed by atoms with Gasteiger partial charge in [0.1, 0.15) is 17.2 Å². The van der Waals surface area contributed by atoms with E-state index >= 15 is 0 Å². The number of rotatable bonds is 7. The maximum atomic E-state index is 12.8. The lowest BCUT2D eigenvalue weighted by molar-refractivity contribution is 0.397. The fraction of sp³-hybridized carbons (Fsp3) is 0.174. The highest BCUT2D eigenvalue weighted by atomic mass is 32.2. The van der Waals surface area contributed by atoms with E-state index in [1.807, 2.05) is 60.7 Å². The summed E-state index contributed by atoms with van der Waals surface area (Å²) in [6.07, 6.45) is 0. The maximum absolute atomic E-state index is 12.8. The van der Waals surface area contributed by atoms with E-state index in [2.05, 4.69) is 10.1 Å². The van der Waals surface area contributed by atoms with Crippen molar-refractivity contribution in [2.75, 3.05) is 7.11 Å². The molecule has 0 amide bonds. The van der Waals surface area contributed by atoms with E-state index in [0.717, 1.165) is 16.9 Å². The maximum Gasteiger partial charge on any atom is 0.329 e. The highest BCUT2D eigenvalue weighted by Crippen LogP contribution is 2.26. The van der Waals surface area contributed by atoms with E-state index in [4.69, 9.17) is 9.26 Å². The number of nitrogens with one attached hydrogen (secondary N) is 1. The highest BCUT2D eigenvalue weighted by molar-refractivity contribution is 7.98. The second kappa shape index (κ2) is 9.09. The van der Waals surface area contributed by atoms with Gasteiger partial charge in [-0.05, 0) is 36.8 Å². The third kappa shape index (κ3) is 4.64. The molecule has 0 unspecified atom stereocenters. The second-order valence-electron chi connectivity index (χ2n) is 6.96. The number of thioether (sulfide) groups is 1. The van der Waals surface area contributed by atoms with Crippen molar-refractivity contribution in [3.63, 3.8) is 0 Å². The second-order valence-corrected chi connectivity index (χ2v) is 7.94. The quantitative estimate of drug-likeness (QED) is 0.350. The Morgan fingerprint density at radius 3 is 2.55 bits per heavy atom. The molecule has 4 rings (SSSR count). The smallest absolute Gasteiger partial charge is 0.329 e. The summed E-state index contributed by atoms with van der Waals surface area (Å²) in [6, 6.07) is 18.8. The Morgan fingerprint density at radius 1 is 1.10 bits per heavy atom. The van der Waals surface area contributed by atoms with Gasteiger partial charge in [-0.25, -0.2) is 4.79 Å². The van der Waals surface area contributed by atoms with Crippen molar-refractivity contribution in [2.24, 2.45) is 0 Å². The van der Waals surface area contributed by atoms with Crippen LogP contribution in [0, 0.1) is 6.92 Å². The Kier molecular flexibility index (Phi) is 6.08. The SMILES string of the molecule is COc1ccc(-c2cc(CSc3[nH]c(=O)n(Cc4ccccc4)c(=O)c3C)on2)cc1. The molecule has 0 atom stereocenters. The minimum Gasteiger partial charge on any atom is -0.497 e. The zero-order chi connectivity index (χ0) is 21.8. The highest BCUT2D eigenvalue weighted by Gasteiger charge is 2.13. The predicted molar refractivity (Wildman–Crippen MR) is 120 cm³/mol. The van der Waals surface area contributed by atoms with Crippen molar-refractivity contribution in [1.29, 1.82) is 0 Å².